The zero-order valence-corrected chi connectivity index (χ0v) is 18.6. The Hall–Kier alpha value is -3.97. The number of rotatable bonds is 8. The summed E-state index contributed by atoms with van der Waals surface area (Å²) < 4.78 is 5.00. The maximum absolute atomic E-state index is 13.0. The molecule has 3 aromatic rings. The van der Waals surface area contributed by atoms with Gasteiger partial charge >= 0.3 is 0 Å². The average Bonchev–Trinajstić information content (AvgIpc) is 3.06. The minimum atomic E-state index is -0.387. The van der Waals surface area contributed by atoms with Gasteiger partial charge < -0.3 is 15.4 Å². The Balaban J connectivity index is 1.51. The molecule has 7 nitrogen and oxygen atoms in total. The molecular weight excluding hydrogens is 418 g/mol. The molecule has 0 saturated carbocycles. The molecule has 4 rings (SSSR count). The van der Waals surface area contributed by atoms with Crippen molar-refractivity contribution in [3.63, 3.8) is 0 Å². The molecule has 0 fully saturated rings. The summed E-state index contributed by atoms with van der Waals surface area (Å²) in [6, 6.07) is 19.9. The number of fused-ring (bicyclic) bond motifs is 1. The second kappa shape index (κ2) is 9.67. The Labute approximate surface area is 192 Å². The molecule has 3 amide bonds. The molecular formula is C26H25N3O4. The standard InChI is InChI=1S/C26H25N3O4/c1-17-8-11-19(12-9-17)27-22-6-3-4-7-23(22)28-24(30)18-10-13-20-21(16-18)26(32)29(25(20)31)14-5-15-33-2/h3-4,6-13,16,27H,5,14-15H2,1-2H3,(H,28,30). The van der Waals surface area contributed by atoms with Gasteiger partial charge in [-0.15, -0.1) is 0 Å². The fourth-order valence-corrected chi connectivity index (χ4v) is 3.69. The van der Waals surface area contributed by atoms with Crippen molar-refractivity contribution in [1.29, 1.82) is 0 Å². The van der Waals surface area contributed by atoms with Crippen LogP contribution >= 0.6 is 0 Å². The van der Waals surface area contributed by atoms with Crippen LogP contribution in [0, 0.1) is 6.92 Å². The van der Waals surface area contributed by atoms with Gasteiger partial charge in [0.15, 0.2) is 0 Å². The van der Waals surface area contributed by atoms with Gasteiger partial charge in [0, 0.05) is 31.5 Å². The fourth-order valence-electron chi connectivity index (χ4n) is 3.69. The van der Waals surface area contributed by atoms with Crippen molar-refractivity contribution in [2.24, 2.45) is 0 Å². The van der Waals surface area contributed by atoms with Crippen LogP contribution in [0.5, 0.6) is 0 Å². The molecule has 0 aromatic heterocycles. The Morgan fingerprint density at radius 2 is 1.61 bits per heavy atom. The van der Waals surface area contributed by atoms with Gasteiger partial charge in [-0.3, -0.25) is 19.3 Å². The Bertz CT molecular complexity index is 1200. The molecule has 0 unspecified atom stereocenters. The highest BCUT2D eigenvalue weighted by atomic mass is 16.5. The first-order chi connectivity index (χ1) is 16.0. The van der Waals surface area contributed by atoms with Gasteiger partial charge in [0.25, 0.3) is 17.7 Å². The van der Waals surface area contributed by atoms with Gasteiger partial charge in [-0.05, 0) is 55.8 Å². The van der Waals surface area contributed by atoms with Crippen LogP contribution in [0.3, 0.4) is 0 Å². The van der Waals surface area contributed by atoms with Crippen LogP contribution in [0.4, 0.5) is 17.1 Å². The van der Waals surface area contributed by atoms with Crippen molar-refractivity contribution in [1.82, 2.24) is 4.90 Å². The maximum Gasteiger partial charge on any atom is 0.261 e. The van der Waals surface area contributed by atoms with Crippen molar-refractivity contribution >= 4 is 34.8 Å². The molecule has 3 aromatic carbocycles. The summed E-state index contributed by atoms with van der Waals surface area (Å²) in [7, 11) is 1.57. The van der Waals surface area contributed by atoms with Gasteiger partial charge in [0.1, 0.15) is 0 Å². The zero-order valence-electron chi connectivity index (χ0n) is 18.6. The summed E-state index contributed by atoms with van der Waals surface area (Å²) in [5, 5.41) is 6.21. The minimum absolute atomic E-state index is 0.246. The number of hydrogen-bond acceptors (Lipinski definition) is 5. The molecule has 1 aliphatic heterocycles. The fraction of sp³-hybridized carbons (Fsp3) is 0.192. The third-order valence-corrected chi connectivity index (χ3v) is 5.47. The molecule has 0 atom stereocenters. The number of nitrogens with zero attached hydrogens (tertiary/aromatic N) is 1. The summed E-state index contributed by atoms with van der Waals surface area (Å²) in [6.07, 6.45) is 0.556. The Morgan fingerprint density at radius 1 is 0.909 bits per heavy atom. The van der Waals surface area contributed by atoms with Crippen LogP contribution in [0.25, 0.3) is 0 Å². The minimum Gasteiger partial charge on any atom is -0.385 e. The lowest BCUT2D eigenvalue weighted by molar-refractivity contribution is 0.0638. The molecule has 2 N–H and O–H groups in total. The number of aryl methyl sites for hydroxylation is 1. The number of carbonyl (C=O) groups is 3. The molecule has 0 aliphatic carbocycles. The molecule has 168 valence electrons. The Morgan fingerprint density at radius 3 is 2.33 bits per heavy atom. The normalized spacial score (nSPS) is 12.6. The van der Waals surface area contributed by atoms with Crippen LogP contribution in [0.2, 0.25) is 0 Å². The molecule has 1 heterocycles. The van der Waals surface area contributed by atoms with Gasteiger partial charge in [0.05, 0.1) is 22.5 Å². The van der Waals surface area contributed by atoms with Crippen LogP contribution < -0.4 is 10.6 Å². The van der Waals surface area contributed by atoms with E-state index in [1.165, 1.54) is 17.0 Å². The lowest BCUT2D eigenvalue weighted by atomic mass is 10.1. The summed E-state index contributed by atoms with van der Waals surface area (Å²) in [5.41, 5.74) is 4.27. The summed E-state index contributed by atoms with van der Waals surface area (Å²) in [4.78, 5) is 39.5. The second-order valence-electron chi connectivity index (χ2n) is 7.86. The maximum atomic E-state index is 13.0. The van der Waals surface area contributed by atoms with E-state index in [0.29, 0.717) is 29.8 Å². The second-order valence-corrected chi connectivity index (χ2v) is 7.86. The van der Waals surface area contributed by atoms with E-state index in [-0.39, 0.29) is 29.8 Å². The number of hydrogen-bond donors (Lipinski definition) is 2. The lowest BCUT2D eigenvalue weighted by Crippen LogP contribution is -2.31. The number of para-hydroxylation sites is 2. The number of amides is 3. The van der Waals surface area contributed by atoms with E-state index in [1.54, 1.807) is 19.2 Å². The summed E-state index contributed by atoms with van der Waals surface area (Å²) in [6.45, 7) is 2.75. The lowest BCUT2D eigenvalue weighted by Gasteiger charge is -2.13. The van der Waals surface area contributed by atoms with E-state index in [2.05, 4.69) is 10.6 Å². The van der Waals surface area contributed by atoms with Gasteiger partial charge in [-0.25, -0.2) is 0 Å². The molecule has 0 spiro atoms. The van der Waals surface area contributed by atoms with Crippen molar-refractivity contribution in [2.45, 2.75) is 13.3 Å². The largest absolute Gasteiger partial charge is 0.385 e. The third kappa shape index (κ3) is 4.78. The molecule has 33 heavy (non-hydrogen) atoms. The first-order valence-electron chi connectivity index (χ1n) is 10.7. The van der Waals surface area contributed by atoms with Crippen LogP contribution in [0.1, 0.15) is 43.1 Å². The average molecular weight is 444 g/mol. The van der Waals surface area contributed by atoms with Gasteiger partial charge in [-0.2, -0.15) is 0 Å². The highest BCUT2D eigenvalue weighted by molar-refractivity contribution is 6.22. The molecule has 0 saturated heterocycles. The first kappa shape index (κ1) is 22.2. The number of carbonyl (C=O) groups excluding carboxylic acids is 3. The highest BCUT2D eigenvalue weighted by Crippen LogP contribution is 2.28. The van der Waals surface area contributed by atoms with Gasteiger partial charge in [0.2, 0.25) is 0 Å². The van der Waals surface area contributed by atoms with Crippen LogP contribution in [-0.2, 0) is 4.74 Å². The van der Waals surface area contributed by atoms with Crippen molar-refractivity contribution in [3.8, 4) is 0 Å². The van der Waals surface area contributed by atoms with E-state index in [1.807, 2.05) is 49.4 Å². The summed E-state index contributed by atoms with van der Waals surface area (Å²) in [5.74, 6) is -1.10. The predicted molar refractivity (Wildman–Crippen MR) is 127 cm³/mol. The zero-order chi connectivity index (χ0) is 23.4. The smallest absolute Gasteiger partial charge is 0.261 e. The van der Waals surface area contributed by atoms with Crippen molar-refractivity contribution in [3.05, 3.63) is 89.0 Å². The quantitative estimate of drug-likeness (QED) is 0.392. The monoisotopic (exact) mass is 443 g/mol. The molecule has 0 radical (unpaired) electrons. The van der Waals surface area contributed by atoms with E-state index in [4.69, 9.17) is 4.74 Å². The van der Waals surface area contributed by atoms with E-state index < -0.39 is 0 Å². The molecule has 7 heteroatoms. The van der Waals surface area contributed by atoms with Crippen molar-refractivity contribution < 1.29 is 19.1 Å². The van der Waals surface area contributed by atoms with E-state index in [9.17, 15) is 14.4 Å². The number of methoxy groups -OCH3 is 1. The van der Waals surface area contributed by atoms with Crippen LogP contribution in [-0.4, -0.2) is 42.9 Å². The highest BCUT2D eigenvalue weighted by Gasteiger charge is 2.35. The molecule has 0 bridgehead atoms. The third-order valence-electron chi connectivity index (χ3n) is 5.47. The number of imide groups is 1. The van der Waals surface area contributed by atoms with E-state index in [0.717, 1.165) is 16.9 Å². The number of benzene rings is 3. The number of ether oxygens (including phenoxy) is 1. The number of anilines is 3. The Kier molecular flexibility index (Phi) is 6.51. The number of nitrogens with one attached hydrogen (secondary N) is 2. The van der Waals surface area contributed by atoms with Crippen molar-refractivity contribution in [2.75, 3.05) is 30.9 Å². The van der Waals surface area contributed by atoms with Crippen LogP contribution in [0.15, 0.2) is 66.7 Å². The topological polar surface area (TPSA) is 87.7 Å². The van der Waals surface area contributed by atoms with E-state index >= 15 is 0 Å². The predicted octanol–water partition coefficient (Wildman–Crippen LogP) is 4.62. The summed E-state index contributed by atoms with van der Waals surface area (Å²) >= 11 is 0. The van der Waals surface area contributed by atoms with Gasteiger partial charge in [-0.1, -0.05) is 29.8 Å². The SMILES string of the molecule is COCCCN1C(=O)c2ccc(C(=O)Nc3ccccc3Nc3ccc(C)cc3)cc2C1=O. The first-order valence-corrected chi connectivity index (χ1v) is 10.7. The molecule has 1 aliphatic rings.